The summed E-state index contributed by atoms with van der Waals surface area (Å²) < 4.78 is 10.7. The molecule has 20 heavy (non-hydrogen) atoms. The summed E-state index contributed by atoms with van der Waals surface area (Å²) in [5, 5.41) is 6.45. The van der Waals surface area contributed by atoms with E-state index < -0.39 is 5.60 Å². The maximum atomic E-state index is 11.7. The molecule has 5 nitrogen and oxygen atoms in total. The van der Waals surface area contributed by atoms with Crippen LogP contribution in [0.3, 0.4) is 0 Å². The summed E-state index contributed by atoms with van der Waals surface area (Å²) in [4.78, 5) is 11.7. The van der Waals surface area contributed by atoms with Crippen molar-refractivity contribution in [3.8, 4) is 0 Å². The van der Waals surface area contributed by atoms with Crippen LogP contribution in [0, 0.1) is 0 Å². The number of alkyl carbamates (subject to hydrolysis) is 1. The largest absolute Gasteiger partial charge is 0.444 e. The predicted octanol–water partition coefficient (Wildman–Crippen LogP) is 2.45. The lowest BCUT2D eigenvalue weighted by atomic mass is 10.1. The highest BCUT2D eigenvalue weighted by atomic mass is 16.6. The summed E-state index contributed by atoms with van der Waals surface area (Å²) in [6, 6.07) is 0.636. The van der Waals surface area contributed by atoms with Crippen molar-refractivity contribution in [2.75, 3.05) is 13.7 Å². The fourth-order valence-corrected chi connectivity index (χ4v) is 2.23. The van der Waals surface area contributed by atoms with Crippen LogP contribution in [-0.4, -0.2) is 43.0 Å². The number of rotatable bonds is 5. The van der Waals surface area contributed by atoms with Crippen molar-refractivity contribution in [3.05, 3.63) is 0 Å². The Hall–Kier alpha value is -0.810. The number of carbonyl (C=O) groups is 1. The second kappa shape index (κ2) is 6.76. The van der Waals surface area contributed by atoms with E-state index in [1.54, 1.807) is 7.11 Å². The van der Waals surface area contributed by atoms with E-state index in [0.717, 1.165) is 25.8 Å². The average molecular weight is 286 g/mol. The van der Waals surface area contributed by atoms with Crippen molar-refractivity contribution in [3.63, 3.8) is 0 Å². The van der Waals surface area contributed by atoms with E-state index in [1.807, 2.05) is 20.8 Å². The van der Waals surface area contributed by atoms with Crippen molar-refractivity contribution >= 4 is 6.09 Å². The molecular formula is C15H30N2O3. The lowest BCUT2D eigenvalue weighted by Gasteiger charge is -2.26. The zero-order valence-electron chi connectivity index (χ0n) is 13.7. The first-order valence-corrected chi connectivity index (χ1v) is 7.39. The van der Waals surface area contributed by atoms with Gasteiger partial charge in [0.2, 0.25) is 0 Å². The molecule has 1 aliphatic rings. The highest BCUT2D eigenvalue weighted by Gasteiger charge is 2.28. The van der Waals surface area contributed by atoms with E-state index in [0.29, 0.717) is 6.04 Å². The number of amides is 1. The summed E-state index contributed by atoms with van der Waals surface area (Å²) in [6.45, 7) is 10.6. The smallest absolute Gasteiger partial charge is 0.407 e. The monoisotopic (exact) mass is 286 g/mol. The quantitative estimate of drug-likeness (QED) is 0.815. The van der Waals surface area contributed by atoms with Crippen LogP contribution in [-0.2, 0) is 9.47 Å². The molecule has 2 atom stereocenters. The van der Waals surface area contributed by atoms with Crippen LogP contribution < -0.4 is 10.6 Å². The average Bonchev–Trinajstić information content (AvgIpc) is 2.71. The van der Waals surface area contributed by atoms with Crippen LogP contribution >= 0.6 is 0 Å². The van der Waals surface area contributed by atoms with E-state index in [1.165, 1.54) is 0 Å². The second-order valence-corrected chi connectivity index (χ2v) is 7.20. The third-order valence-electron chi connectivity index (χ3n) is 3.52. The molecule has 2 N–H and O–H groups in total. The van der Waals surface area contributed by atoms with Gasteiger partial charge in [-0.05, 0) is 53.9 Å². The Balaban J connectivity index is 2.28. The molecule has 0 aliphatic heterocycles. The summed E-state index contributed by atoms with van der Waals surface area (Å²) in [6.07, 6.45) is 2.68. The van der Waals surface area contributed by atoms with Gasteiger partial charge < -0.3 is 20.1 Å². The normalized spacial score (nSPS) is 23.7. The van der Waals surface area contributed by atoms with E-state index in [9.17, 15) is 4.79 Å². The Bertz CT molecular complexity index is 324. The molecule has 0 aromatic rings. The molecule has 0 radical (unpaired) electrons. The lowest BCUT2D eigenvalue weighted by molar-refractivity contribution is 0.0210. The third-order valence-corrected chi connectivity index (χ3v) is 3.52. The van der Waals surface area contributed by atoms with Crippen molar-refractivity contribution in [1.82, 2.24) is 10.6 Å². The summed E-state index contributed by atoms with van der Waals surface area (Å²) in [5.41, 5.74) is -0.598. The van der Waals surface area contributed by atoms with Gasteiger partial charge in [-0.3, -0.25) is 0 Å². The fraction of sp³-hybridized carbons (Fsp3) is 0.933. The number of hydrogen-bond donors (Lipinski definition) is 2. The van der Waals surface area contributed by atoms with Gasteiger partial charge in [0.25, 0.3) is 0 Å². The standard InChI is InChI=1S/C15H30N2O3/c1-14(2,3)20-13(18)17-12-8-7-11(9-12)16-10-15(4,5)19-6/h11-12,16H,7-10H2,1-6H3,(H,17,18). The van der Waals surface area contributed by atoms with Gasteiger partial charge in [-0.2, -0.15) is 0 Å². The van der Waals surface area contributed by atoms with Crippen molar-refractivity contribution in [2.24, 2.45) is 0 Å². The van der Waals surface area contributed by atoms with E-state index >= 15 is 0 Å². The first-order chi connectivity index (χ1) is 9.11. The maximum absolute atomic E-state index is 11.7. The topological polar surface area (TPSA) is 59.6 Å². The van der Waals surface area contributed by atoms with Gasteiger partial charge in [-0.15, -0.1) is 0 Å². The van der Waals surface area contributed by atoms with Gasteiger partial charge in [0.15, 0.2) is 0 Å². The Labute approximate surface area is 122 Å². The minimum absolute atomic E-state index is 0.156. The molecule has 0 heterocycles. The second-order valence-electron chi connectivity index (χ2n) is 7.20. The van der Waals surface area contributed by atoms with E-state index in [-0.39, 0.29) is 17.7 Å². The Morgan fingerprint density at radius 3 is 2.30 bits per heavy atom. The maximum Gasteiger partial charge on any atom is 0.407 e. The SMILES string of the molecule is COC(C)(C)CNC1CCC(NC(=O)OC(C)(C)C)C1. The molecule has 2 unspecified atom stereocenters. The van der Waals surface area contributed by atoms with Crippen molar-refractivity contribution < 1.29 is 14.3 Å². The molecule has 1 aliphatic carbocycles. The number of hydrogen-bond acceptors (Lipinski definition) is 4. The van der Waals surface area contributed by atoms with Gasteiger partial charge in [-0.1, -0.05) is 0 Å². The summed E-state index contributed by atoms with van der Waals surface area (Å²) >= 11 is 0. The zero-order chi connectivity index (χ0) is 15.4. The molecule has 1 fully saturated rings. The Morgan fingerprint density at radius 2 is 1.75 bits per heavy atom. The third kappa shape index (κ3) is 6.57. The molecule has 5 heteroatoms. The number of methoxy groups -OCH3 is 1. The van der Waals surface area contributed by atoms with Crippen LogP contribution in [0.25, 0.3) is 0 Å². The van der Waals surface area contributed by atoms with Crippen molar-refractivity contribution in [1.29, 1.82) is 0 Å². The van der Waals surface area contributed by atoms with Gasteiger partial charge in [0.1, 0.15) is 5.60 Å². The van der Waals surface area contributed by atoms with Crippen LogP contribution in [0.1, 0.15) is 53.9 Å². The summed E-state index contributed by atoms with van der Waals surface area (Å²) in [7, 11) is 1.73. The minimum atomic E-state index is -0.442. The van der Waals surface area contributed by atoms with Crippen LogP contribution in [0.15, 0.2) is 0 Å². The Morgan fingerprint density at radius 1 is 1.15 bits per heavy atom. The van der Waals surface area contributed by atoms with Gasteiger partial charge in [0.05, 0.1) is 5.60 Å². The Kier molecular flexibility index (Phi) is 5.83. The zero-order valence-corrected chi connectivity index (χ0v) is 13.7. The fourth-order valence-electron chi connectivity index (χ4n) is 2.23. The molecule has 0 bridgehead atoms. The molecule has 1 saturated carbocycles. The first-order valence-electron chi connectivity index (χ1n) is 7.39. The van der Waals surface area contributed by atoms with E-state index in [4.69, 9.17) is 9.47 Å². The van der Waals surface area contributed by atoms with Gasteiger partial charge >= 0.3 is 6.09 Å². The van der Waals surface area contributed by atoms with Gasteiger partial charge in [-0.25, -0.2) is 4.79 Å². The number of ether oxygens (including phenoxy) is 2. The number of nitrogens with one attached hydrogen (secondary N) is 2. The molecule has 0 aromatic carbocycles. The van der Waals surface area contributed by atoms with Crippen LogP contribution in [0.4, 0.5) is 4.79 Å². The highest BCUT2D eigenvalue weighted by Crippen LogP contribution is 2.20. The predicted molar refractivity (Wildman–Crippen MR) is 79.9 cm³/mol. The first kappa shape index (κ1) is 17.2. The van der Waals surface area contributed by atoms with Gasteiger partial charge in [0, 0.05) is 25.7 Å². The molecule has 118 valence electrons. The van der Waals surface area contributed by atoms with Crippen molar-refractivity contribution in [2.45, 2.75) is 77.2 Å². The summed E-state index contributed by atoms with van der Waals surface area (Å²) in [5.74, 6) is 0. The van der Waals surface area contributed by atoms with E-state index in [2.05, 4.69) is 24.5 Å². The number of carbonyl (C=O) groups excluding carboxylic acids is 1. The molecule has 0 aromatic heterocycles. The highest BCUT2D eigenvalue weighted by molar-refractivity contribution is 5.68. The molecule has 0 saturated heterocycles. The molecule has 0 spiro atoms. The van der Waals surface area contributed by atoms with Crippen LogP contribution in [0.5, 0.6) is 0 Å². The molecular weight excluding hydrogens is 256 g/mol. The molecule has 1 amide bonds. The molecule has 1 rings (SSSR count). The minimum Gasteiger partial charge on any atom is -0.444 e. The van der Waals surface area contributed by atoms with Crippen LogP contribution in [0.2, 0.25) is 0 Å². The lowest BCUT2D eigenvalue weighted by Crippen LogP contribution is -2.42.